The fourth-order valence-corrected chi connectivity index (χ4v) is 1.88. The summed E-state index contributed by atoms with van der Waals surface area (Å²) in [6, 6.07) is 12.4. The van der Waals surface area contributed by atoms with Gasteiger partial charge in [-0.3, -0.25) is 0 Å². The Morgan fingerprint density at radius 3 is 2.47 bits per heavy atom. The number of benzene rings is 2. The lowest BCUT2D eigenvalue weighted by Crippen LogP contribution is -2.17. The van der Waals surface area contributed by atoms with Crippen LogP contribution in [-0.4, -0.2) is 6.04 Å². The van der Waals surface area contributed by atoms with Gasteiger partial charge in [-0.1, -0.05) is 18.2 Å². The lowest BCUT2D eigenvalue weighted by atomic mass is 10.1. The van der Waals surface area contributed by atoms with E-state index in [9.17, 15) is 4.39 Å². The van der Waals surface area contributed by atoms with E-state index in [2.05, 4.69) is 0 Å². The second kappa shape index (κ2) is 5.85. The molecule has 19 heavy (non-hydrogen) atoms. The van der Waals surface area contributed by atoms with Crippen LogP contribution in [0.15, 0.2) is 42.5 Å². The van der Waals surface area contributed by atoms with Crippen molar-refractivity contribution in [1.82, 2.24) is 0 Å². The molecule has 0 aliphatic rings. The molecule has 1 unspecified atom stereocenters. The molecule has 0 saturated carbocycles. The van der Waals surface area contributed by atoms with Crippen molar-refractivity contribution in [2.24, 2.45) is 5.73 Å². The molecule has 3 heteroatoms. The van der Waals surface area contributed by atoms with Gasteiger partial charge in [0, 0.05) is 12.1 Å². The number of rotatable bonds is 4. The molecular weight excluding hydrogens is 241 g/mol. The van der Waals surface area contributed by atoms with E-state index in [4.69, 9.17) is 10.5 Å². The number of hydrogen-bond donors (Lipinski definition) is 1. The van der Waals surface area contributed by atoms with Gasteiger partial charge in [-0.05, 0) is 49.6 Å². The highest BCUT2D eigenvalue weighted by Crippen LogP contribution is 2.26. The second-order valence-electron chi connectivity index (χ2n) is 4.84. The van der Waals surface area contributed by atoms with Crippen LogP contribution >= 0.6 is 0 Å². The smallest absolute Gasteiger partial charge is 0.133 e. The predicted molar refractivity (Wildman–Crippen MR) is 75.0 cm³/mol. The molecule has 0 fully saturated rings. The zero-order chi connectivity index (χ0) is 13.8. The van der Waals surface area contributed by atoms with Gasteiger partial charge in [0.05, 0.1) is 0 Å². The van der Waals surface area contributed by atoms with Gasteiger partial charge in [0.25, 0.3) is 0 Å². The van der Waals surface area contributed by atoms with Crippen LogP contribution in [0.3, 0.4) is 0 Å². The molecule has 0 saturated heterocycles. The fraction of sp³-hybridized carbons (Fsp3) is 0.250. The number of aryl methyl sites for hydroxylation is 1. The number of halogens is 1. The first-order chi connectivity index (χ1) is 9.04. The van der Waals surface area contributed by atoms with E-state index in [0.29, 0.717) is 11.5 Å². The van der Waals surface area contributed by atoms with Crippen LogP contribution in [0.5, 0.6) is 11.5 Å². The quantitative estimate of drug-likeness (QED) is 0.906. The predicted octanol–water partition coefficient (Wildman–Crippen LogP) is 3.82. The molecule has 2 aromatic carbocycles. The van der Waals surface area contributed by atoms with Gasteiger partial charge in [0.2, 0.25) is 0 Å². The average molecular weight is 259 g/mol. The van der Waals surface area contributed by atoms with Crippen LogP contribution in [0.4, 0.5) is 4.39 Å². The van der Waals surface area contributed by atoms with Crippen molar-refractivity contribution in [1.29, 1.82) is 0 Å². The lowest BCUT2D eigenvalue weighted by Gasteiger charge is -2.10. The van der Waals surface area contributed by atoms with Crippen LogP contribution in [-0.2, 0) is 6.42 Å². The van der Waals surface area contributed by atoms with Crippen molar-refractivity contribution in [2.75, 3.05) is 0 Å². The Kier molecular flexibility index (Phi) is 4.17. The minimum Gasteiger partial charge on any atom is -0.457 e. The van der Waals surface area contributed by atoms with E-state index in [0.717, 1.165) is 12.0 Å². The van der Waals surface area contributed by atoms with Gasteiger partial charge in [0.1, 0.15) is 17.3 Å². The van der Waals surface area contributed by atoms with Crippen molar-refractivity contribution in [2.45, 2.75) is 26.3 Å². The summed E-state index contributed by atoms with van der Waals surface area (Å²) >= 11 is 0. The summed E-state index contributed by atoms with van der Waals surface area (Å²) in [5.41, 5.74) is 7.82. The summed E-state index contributed by atoms with van der Waals surface area (Å²) in [6.07, 6.45) is 0.833. The van der Waals surface area contributed by atoms with Gasteiger partial charge >= 0.3 is 0 Å². The Morgan fingerprint density at radius 2 is 1.84 bits per heavy atom. The first kappa shape index (κ1) is 13.6. The van der Waals surface area contributed by atoms with Gasteiger partial charge in [0.15, 0.2) is 0 Å². The van der Waals surface area contributed by atoms with Crippen molar-refractivity contribution >= 4 is 0 Å². The molecule has 0 aliphatic carbocycles. The Morgan fingerprint density at radius 1 is 1.16 bits per heavy atom. The molecular formula is C16H18FNO. The van der Waals surface area contributed by atoms with Gasteiger partial charge in [-0.15, -0.1) is 0 Å². The molecule has 0 spiro atoms. The summed E-state index contributed by atoms with van der Waals surface area (Å²) < 4.78 is 18.8. The normalized spacial score (nSPS) is 12.2. The monoisotopic (exact) mass is 259 g/mol. The summed E-state index contributed by atoms with van der Waals surface area (Å²) in [6.45, 7) is 3.86. The SMILES string of the molecule is Cc1ccc(F)cc1Oc1ccc(CC(C)N)cc1. The van der Waals surface area contributed by atoms with Crippen LogP contribution in [0.1, 0.15) is 18.1 Å². The van der Waals surface area contributed by atoms with E-state index < -0.39 is 0 Å². The maximum Gasteiger partial charge on any atom is 0.133 e. The van der Waals surface area contributed by atoms with Crippen LogP contribution in [0, 0.1) is 12.7 Å². The highest BCUT2D eigenvalue weighted by atomic mass is 19.1. The van der Waals surface area contributed by atoms with E-state index in [-0.39, 0.29) is 11.9 Å². The molecule has 2 nitrogen and oxygen atoms in total. The number of hydrogen-bond acceptors (Lipinski definition) is 2. The van der Waals surface area contributed by atoms with E-state index in [1.54, 1.807) is 6.07 Å². The van der Waals surface area contributed by atoms with Crippen LogP contribution in [0.2, 0.25) is 0 Å². The van der Waals surface area contributed by atoms with E-state index in [1.165, 1.54) is 17.7 Å². The maximum atomic E-state index is 13.2. The third-order valence-corrected chi connectivity index (χ3v) is 2.86. The van der Waals surface area contributed by atoms with Crippen molar-refractivity contribution in [3.63, 3.8) is 0 Å². The zero-order valence-electron chi connectivity index (χ0n) is 11.2. The Bertz CT molecular complexity index is 549. The summed E-state index contributed by atoms with van der Waals surface area (Å²) in [5.74, 6) is 0.941. The standard InChI is InChI=1S/C16H18FNO/c1-11-3-6-14(17)10-16(11)19-15-7-4-13(5-8-15)9-12(2)18/h3-8,10,12H,9,18H2,1-2H3. The topological polar surface area (TPSA) is 35.2 Å². The molecule has 0 heterocycles. The zero-order valence-corrected chi connectivity index (χ0v) is 11.2. The summed E-state index contributed by atoms with van der Waals surface area (Å²) in [4.78, 5) is 0. The first-order valence-electron chi connectivity index (χ1n) is 6.33. The second-order valence-corrected chi connectivity index (χ2v) is 4.84. The first-order valence-corrected chi connectivity index (χ1v) is 6.33. The molecule has 0 aliphatic heterocycles. The minimum atomic E-state index is -0.297. The molecule has 1 atom stereocenters. The minimum absolute atomic E-state index is 0.136. The highest BCUT2D eigenvalue weighted by molar-refractivity contribution is 5.38. The maximum absolute atomic E-state index is 13.2. The number of ether oxygens (including phenoxy) is 1. The molecule has 0 aromatic heterocycles. The Labute approximate surface area is 113 Å². The summed E-state index contributed by atoms with van der Waals surface area (Å²) in [5, 5.41) is 0. The van der Waals surface area contributed by atoms with Crippen LogP contribution < -0.4 is 10.5 Å². The lowest BCUT2D eigenvalue weighted by molar-refractivity contribution is 0.472. The molecule has 2 rings (SSSR count). The fourth-order valence-electron chi connectivity index (χ4n) is 1.88. The van der Waals surface area contributed by atoms with Crippen molar-refractivity contribution in [3.05, 3.63) is 59.4 Å². The molecule has 2 aromatic rings. The third kappa shape index (κ3) is 3.80. The van der Waals surface area contributed by atoms with Gasteiger partial charge in [-0.2, -0.15) is 0 Å². The van der Waals surface area contributed by atoms with Gasteiger partial charge < -0.3 is 10.5 Å². The molecule has 2 N–H and O–H groups in total. The van der Waals surface area contributed by atoms with Crippen LogP contribution in [0.25, 0.3) is 0 Å². The molecule has 100 valence electrons. The average Bonchev–Trinajstić information content (AvgIpc) is 2.35. The van der Waals surface area contributed by atoms with Crippen molar-refractivity contribution in [3.8, 4) is 11.5 Å². The van der Waals surface area contributed by atoms with E-state index >= 15 is 0 Å². The molecule has 0 radical (unpaired) electrons. The van der Waals surface area contributed by atoms with E-state index in [1.807, 2.05) is 38.1 Å². The molecule has 0 amide bonds. The summed E-state index contributed by atoms with van der Waals surface area (Å²) in [7, 11) is 0. The largest absolute Gasteiger partial charge is 0.457 e. The Balaban J connectivity index is 2.13. The highest BCUT2D eigenvalue weighted by Gasteiger charge is 2.04. The Hall–Kier alpha value is -1.87. The number of nitrogens with two attached hydrogens (primary N) is 1. The molecule has 0 bridgehead atoms. The third-order valence-electron chi connectivity index (χ3n) is 2.86. The van der Waals surface area contributed by atoms with Gasteiger partial charge in [-0.25, -0.2) is 4.39 Å². The van der Waals surface area contributed by atoms with Crippen molar-refractivity contribution < 1.29 is 9.13 Å².